The number of ether oxygens (including phenoxy) is 1. The summed E-state index contributed by atoms with van der Waals surface area (Å²) in [5, 5.41) is 3.50. The molecule has 6 nitrogen and oxygen atoms in total. The van der Waals surface area contributed by atoms with Crippen molar-refractivity contribution in [3.63, 3.8) is 0 Å². The highest BCUT2D eigenvalue weighted by Crippen LogP contribution is 2.36. The largest absolute Gasteiger partial charge is 0.487 e. The molecular weight excluding hydrogens is 558 g/mol. The van der Waals surface area contributed by atoms with Crippen LogP contribution in [0, 0.1) is 0 Å². The predicted octanol–water partition coefficient (Wildman–Crippen LogP) is 7.20. The predicted molar refractivity (Wildman–Crippen MR) is 138 cm³/mol. The number of nitrogens with one attached hydrogen (secondary N) is 1. The second kappa shape index (κ2) is 10.5. The monoisotopic (exact) mass is 568 g/mol. The van der Waals surface area contributed by atoms with Crippen LogP contribution in [0.1, 0.15) is 11.1 Å². The fourth-order valence-electron chi connectivity index (χ4n) is 3.25. The van der Waals surface area contributed by atoms with Crippen molar-refractivity contribution in [3.05, 3.63) is 96.4 Å². The quantitative estimate of drug-likeness (QED) is 0.260. The maximum Gasteiger partial charge on any atom is 0.335 e. The Morgan fingerprint density at radius 1 is 0.800 bits per heavy atom. The summed E-state index contributed by atoms with van der Waals surface area (Å²) in [5.41, 5.74) is 0.856. The number of benzene rings is 3. The molecule has 178 valence electrons. The number of urea groups is 1. The van der Waals surface area contributed by atoms with Crippen LogP contribution in [-0.2, 0) is 16.2 Å². The van der Waals surface area contributed by atoms with E-state index in [2.05, 4.69) is 5.32 Å². The van der Waals surface area contributed by atoms with Gasteiger partial charge in [0.05, 0.1) is 20.8 Å². The molecule has 1 fully saturated rings. The highest BCUT2D eigenvalue weighted by Gasteiger charge is 2.37. The first-order valence-corrected chi connectivity index (χ1v) is 11.8. The first-order chi connectivity index (χ1) is 16.6. The number of barbiturate groups is 1. The molecule has 4 rings (SSSR count). The SMILES string of the molecule is O=C1NC(=O)N(c2ccc(Cl)c(Cl)c2)C(=O)/C1=C/c1cc(Cl)cc(Cl)c1OCc1ccc(Cl)cc1. The van der Waals surface area contributed by atoms with Gasteiger partial charge in [0, 0.05) is 15.6 Å². The zero-order valence-electron chi connectivity index (χ0n) is 17.5. The molecule has 0 aliphatic carbocycles. The van der Waals surface area contributed by atoms with Crippen LogP contribution < -0.4 is 15.0 Å². The summed E-state index contributed by atoms with van der Waals surface area (Å²) >= 11 is 30.4. The van der Waals surface area contributed by atoms with Crippen LogP contribution in [0.4, 0.5) is 10.5 Å². The smallest absolute Gasteiger partial charge is 0.335 e. The molecule has 0 saturated carbocycles. The van der Waals surface area contributed by atoms with Gasteiger partial charge in [-0.3, -0.25) is 14.9 Å². The van der Waals surface area contributed by atoms with Gasteiger partial charge < -0.3 is 4.74 Å². The molecule has 0 aromatic heterocycles. The fourth-order valence-corrected chi connectivity index (χ4v) is 4.23. The van der Waals surface area contributed by atoms with Gasteiger partial charge in [-0.05, 0) is 54.1 Å². The van der Waals surface area contributed by atoms with Gasteiger partial charge in [-0.2, -0.15) is 0 Å². The Kier molecular flexibility index (Phi) is 7.59. The molecule has 35 heavy (non-hydrogen) atoms. The summed E-state index contributed by atoms with van der Waals surface area (Å²) in [6.07, 6.45) is 1.25. The van der Waals surface area contributed by atoms with Crippen molar-refractivity contribution in [2.75, 3.05) is 4.90 Å². The number of halogens is 5. The molecule has 0 bridgehead atoms. The van der Waals surface area contributed by atoms with Crippen molar-refractivity contribution < 1.29 is 19.1 Å². The van der Waals surface area contributed by atoms with Crippen LogP contribution in [-0.4, -0.2) is 17.8 Å². The number of hydrogen-bond acceptors (Lipinski definition) is 4. The molecule has 11 heteroatoms. The van der Waals surface area contributed by atoms with E-state index in [4.69, 9.17) is 62.7 Å². The zero-order chi connectivity index (χ0) is 25.3. The lowest BCUT2D eigenvalue weighted by molar-refractivity contribution is -0.122. The summed E-state index contributed by atoms with van der Waals surface area (Å²) in [7, 11) is 0. The normalized spacial score (nSPS) is 14.9. The van der Waals surface area contributed by atoms with E-state index in [1.807, 2.05) is 0 Å². The molecule has 1 aliphatic rings. The standard InChI is InChI=1S/C24H13Cl5N2O4/c25-14-3-1-12(2-4-14)11-35-21-13(7-15(26)9-20(21)29)8-17-22(32)30-24(34)31(23(17)33)16-5-6-18(27)19(28)10-16/h1-10H,11H2,(H,30,32,34)/b17-8+. The molecule has 0 atom stereocenters. The van der Waals surface area contributed by atoms with Crippen molar-refractivity contribution in [2.24, 2.45) is 0 Å². The van der Waals surface area contributed by atoms with Crippen LogP contribution in [0.3, 0.4) is 0 Å². The molecule has 1 N–H and O–H groups in total. The Labute approximate surface area is 224 Å². The number of amides is 4. The number of carbonyl (C=O) groups excluding carboxylic acids is 3. The van der Waals surface area contributed by atoms with E-state index in [-0.39, 0.29) is 49.3 Å². The van der Waals surface area contributed by atoms with Gasteiger partial charge in [-0.25, -0.2) is 9.69 Å². The Hall–Kier alpha value is -2.74. The van der Waals surface area contributed by atoms with Gasteiger partial charge in [0.1, 0.15) is 17.9 Å². The number of carbonyl (C=O) groups is 3. The average molecular weight is 571 g/mol. The van der Waals surface area contributed by atoms with Crippen LogP contribution in [0.2, 0.25) is 25.1 Å². The molecule has 0 unspecified atom stereocenters. The minimum absolute atomic E-state index is 0.128. The van der Waals surface area contributed by atoms with Gasteiger partial charge in [-0.15, -0.1) is 0 Å². The Morgan fingerprint density at radius 3 is 2.20 bits per heavy atom. The molecule has 3 aromatic carbocycles. The van der Waals surface area contributed by atoms with Gasteiger partial charge in [0.25, 0.3) is 11.8 Å². The number of anilines is 1. The van der Waals surface area contributed by atoms with E-state index in [1.54, 1.807) is 24.3 Å². The van der Waals surface area contributed by atoms with Crippen molar-refractivity contribution >= 4 is 87.6 Å². The van der Waals surface area contributed by atoms with E-state index < -0.39 is 17.8 Å². The number of hydrogen-bond donors (Lipinski definition) is 1. The second-order valence-corrected chi connectivity index (χ2v) is 9.37. The Balaban J connectivity index is 1.71. The minimum Gasteiger partial charge on any atom is -0.487 e. The van der Waals surface area contributed by atoms with Gasteiger partial charge in [-0.1, -0.05) is 70.1 Å². The van der Waals surface area contributed by atoms with Crippen LogP contribution in [0.15, 0.2) is 60.2 Å². The minimum atomic E-state index is -0.932. The Morgan fingerprint density at radius 2 is 1.51 bits per heavy atom. The summed E-state index contributed by atoms with van der Waals surface area (Å²) in [6.45, 7) is 0.128. The number of rotatable bonds is 5. The molecule has 1 heterocycles. The number of nitrogens with zero attached hydrogens (tertiary/aromatic N) is 1. The lowest BCUT2D eigenvalue weighted by atomic mass is 10.1. The third kappa shape index (κ3) is 5.58. The van der Waals surface area contributed by atoms with Gasteiger partial charge in [0.2, 0.25) is 0 Å². The van der Waals surface area contributed by atoms with Crippen molar-refractivity contribution in [2.45, 2.75) is 6.61 Å². The molecule has 0 radical (unpaired) electrons. The summed E-state index contributed by atoms with van der Waals surface area (Å²) in [5.74, 6) is -1.58. The van der Waals surface area contributed by atoms with Crippen molar-refractivity contribution in [1.82, 2.24) is 5.32 Å². The van der Waals surface area contributed by atoms with E-state index >= 15 is 0 Å². The maximum absolute atomic E-state index is 13.2. The Bertz CT molecular complexity index is 1390. The van der Waals surface area contributed by atoms with Gasteiger partial charge >= 0.3 is 6.03 Å². The molecule has 0 spiro atoms. The van der Waals surface area contributed by atoms with Crippen LogP contribution in [0.25, 0.3) is 6.08 Å². The summed E-state index contributed by atoms with van der Waals surface area (Å²) < 4.78 is 5.89. The molecular formula is C24H13Cl5N2O4. The summed E-state index contributed by atoms with van der Waals surface area (Å²) in [6, 6.07) is 13.2. The molecule has 3 aromatic rings. The van der Waals surface area contributed by atoms with Crippen LogP contribution >= 0.6 is 58.0 Å². The maximum atomic E-state index is 13.2. The summed E-state index contributed by atoms with van der Waals surface area (Å²) in [4.78, 5) is 39.1. The molecule has 1 saturated heterocycles. The van der Waals surface area contributed by atoms with E-state index in [9.17, 15) is 14.4 Å². The molecule has 4 amide bonds. The van der Waals surface area contributed by atoms with E-state index in [0.29, 0.717) is 5.02 Å². The molecule has 1 aliphatic heterocycles. The second-order valence-electron chi connectivity index (χ2n) is 7.28. The van der Waals surface area contributed by atoms with E-state index in [1.165, 1.54) is 36.4 Å². The first-order valence-electron chi connectivity index (χ1n) is 9.87. The van der Waals surface area contributed by atoms with Crippen molar-refractivity contribution in [3.8, 4) is 5.75 Å². The zero-order valence-corrected chi connectivity index (χ0v) is 21.2. The number of imide groups is 2. The van der Waals surface area contributed by atoms with Crippen molar-refractivity contribution in [1.29, 1.82) is 0 Å². The average Bonchev–Trinajstić information content (AvgIpc) is 2.79. The van der Waals surface area contributed by atoms with E-state index in [0.717, 1.165) is 10.5 Å². The third-order valence-corrected chi connectivity index (χ3v) is 6.39. The third-order valence-electron chi connectivity index (χ3n) is 4.90. The topological polar surface area (TPSA) is 75.7 Å². The highest BCUT2D eigenvalue weighted by atomic mass is 35.5. The lowest BCUT2D eigenvalue weighted by Crippen LogP contribution is -2.54. The lowest BCUT2D eigenvalue weighted by Gasteiger charge is -2.26. The van der Waals surface area contributed by atoms with Crippen LogP contribution in [0.5, 0.6) is 5.75 Å². The first kappa shape index (κ1) is 25.4. The fraction of sp³-hybridized carbons (Fsp3) is 0.0417. The van der Waals surface area contributed by atoms with Gasteiger partial charge in [0.15, 0.2) is 0 Å². The highest BCUT2D eigenvalue weighted by molar-refractivity contribution is 6.43.